The van der Waals surface area contributed by atoms with Crippen LogP contribution >= 0.6 is 0 Å². The first-order chi connectivity index (χ1) is 14.0. The van der Waals surface area contributed by atoms with Gasteiger partial charge in [0.05, 0.1) is 26.8 Å². The maximum Gasteiger partial charge on any atom is 0.191 e. The Labute approximate surface area is 174 Å². The average molecular weight is 399 g/mol. The smallest absolute Gasteiger partial charge is 0.191 e. The molecule has 6 nitrogen and oxygen atoms in total. The predicted octanol–water partition coefficient (Wildman–Crippen LogP) is 3.37. The lowest BCUT2D eigenvalue weighted by atomic mass is 10.1. The standard InChI is InChI=1S/C23H34N4O2/c1-7-24-23(25-15-18-10-8-9-17(2)13-18)26-16-20(27(3)4)19-11-12-21(28-5)22(14-19)29-6/h8-14,20H,7,15-16H2,1-6H3,(H2,24,25,26). The van der Waals surface area contributed by atoms with Gasteiger partial charge >= 0.3 is 0 Å². The summed E-state index contributed by atoms with van der Waals surface area (Å²) in [5.74, 6) is 2.27. The minimum atomic E-state index is 0.151. The van der Waals surface area contributed by atoms with Crippen molar-refractivity contribution in [3.63, 3.8) is 0 Å². The highest BCUT2D eigenvalue weighted by molar-refractivity contribution is 5.79. The van der Waals surface area contributed by atoms with Crippen LogP contribution < -0.4 is 20.1 Å². The lowest BCUT2D eigenvalue weighted by Crippen LogP contribution is -2.41. The Balaban J connectivity index is 2.13. The van der Waals surface area contributed by atoms with Crippen molar-refractivity contribution in [2.45, 2.75) is 26.4 Å². The van der Waals surface area contributed by atoms with E-state index in [0.717, 1.165) is 29.6 Å². The number of likely N-dealkylation sites (N-methyl/N-ethyl adjacent to an activating group) is 1. The van der Waals surface area contributed by atoms with Crippen molar-refractivity contribution in [1.82, 2.24) is 15.5 Å². The van der Waals surface area contributed by atoms with Crippen molar-refractivity contribution in [2.24, 2.45) is 4.99 Å². The third kappa shape index (κ3) is 6.68. The van der Waals surface area contributed by atoms with Gasteiger partial charge in [-0.15, -0.1) is 0 Å². The Morgan fingerprint density at radius 1 is 1.03 bits per heavy atom. The minimum absolute atomic E-state index is 0.151. The van der Waals surface area contributed by atoms with Crippen molar-refractivity contribution in [2.75, 3.05) is 41.4 Å². The zero-order valence-corrected chi connectivity index (χ0v) is 18.5. The molecule has 0 heterocycles. The number of rotatable bonds is 9. The van der Waals surface area contributed by atoms with Crippen LogP contribution in [0.1, 0.15) is 29.7 Å². The molecule has 2 rings (SSSR count). The molecule has 0 amide bonds. The molecule has 158 valence electrons. The number of hydrogen-bond donors (Lipinski definition) is 2. The first-order valence-electron chi connectivity index (χ1n) is 9.94. The third-order valence-electron chi connectivity index (χ3n) is 4.73. The highest BCUT2D eigenvalue weighted by atomic mass is 16.5. The third-order valence-corrected chi connectivity index (χ3v) is 4.73. The molecule has 0 saturated heterocycles. The number of aliphatic imine (C=N–C) groups is 1. The molecule has 2 aromatic rings. The molecule has 0 aromatic heterocycles. The van der Waals surface area contributed by atoms with Crippen LogP contribution in [0.15, 0.2) is 47.5 Å². The summed E-state index contributed by atoms with van der Waals surface area (Å²) >= 11 is 0. The van der Waals surface area contributed by atoms with E-state index in [-0.39, 0.29) is 6.04 Å². The molecule has 0 saturated carbocycles. The van der Waals surface area contributed by atoms with Gasteiger partial charge in [0, 0.05) is 13.1 Å². The van der Waals surface area contributed by atoms with Crippen molar-refractivity contribution >= 4 is 5.96 Å². The molecule has 0 aliphatic heterocycles. The molecule has 0 radical (unpaired) electrons. The van der Waals surface area contributed by atoms with Crippen LogP contribution in [0.3, 0.4) is 0 Å². The number of nitrogens with zero attached hydrogens (tertiary/aromatic N) is 2. The topological polar surface area (TPSA) is 58.1 Å². The van der Waals surface area contributed by atoms with Crippen molar-refractivity contribution < 1.29 is 9.47 Å². The molecule has 6 heteroatoms. The fourth-order valence-electron chi connectivity index (χ4n) is 3.17. The normalized spacial score (nSPS) is 12.6. The Kier molecular flexibility index (Phi) is 8.80. The van der Waals surface area contributed by atoms with Gasteiger partial charge in [-0.3, -0.25) is 0 Å². The Morgan fingerprint density at radius 3 is 2.41 bits per heavy atom. The summed E-state index contributed by atoms with van der Waals surface area (Å²) in [4.78, 5) is 6.92. The molecule has 0 spiro atoms. The zero-order chi connectivity index (χ0) is 21.2. The number of nitrogens with one attached hydrogen (secondary N) is 2. The van der Waals surface area contributed by atoms with E-state index in [1.165, 1.54) is 11.1 Å². The SMILES string of the molecule is CCNC(=NCc1cccc(C)c1)NCC(c1ccc(OC)c(OC)c1)N(C)C. The average Bonchev–Trinajstić information content (AvgIpc) is 2.71. The van der Waals surface area contributed by atoms with Crippen molar-refractivity contribution in [3.05, 3.63) is 59.2 Å². The van der Waals surface area contributed by atoms with Crippen LogP contribution in [0, 0.1) is 6.92 Å². The predicted molar refractivity (Wildman–Crippen MR) is 120 cm³/mol. The lowest BCUT2D eigenvalue weighted by Gasteiger charge is -2.26. The lowest BCUT2D eigenvalue weighted by molar-refractivity contribution is 0.295. The number of guanidine groups is 1. The number of aryl methyl sites for hydroxylation is 1. The second-order valence-electron chi connectivity index (χ2n) is 7.16. The Hall–Kier alpha value is -2.73. The summed E-state index contributed by atoms with van der Waals surface area (Å²) in [6, 6.07) is 14.6. The summed E-state index contributed by atoms with van der Waals surface area (Å²) in [5.41, 5.74) is 3.60. The minimum Gasteiger partial charge on any atom is -0.493 e. The largest absolute Gasteiger partial charge is 0.493 e. The molecular weight excluding hydrogens is 364 g/mol. The number of hydrogen-bond acceptors (Lipinski definition) is 4. The molecule has 2 N–H and O–H groups in total. The summed E-state index contributed by atoms with van der Waals surface area (Å²) in [6.45, 7) is 6.33. The van der Waals surface area contributed by atoms with Crippen molar-refractivity contribution in [1.29, 1.82) is 0 Å². The molecule has 0 bridgehead atoms. The molecule has 0 fully saturated rings. The quantitative estimate of drug-likeness (QED) is 0.501. The van der Waals surface area contributed by atoms with Gasteiger partial charge in [0.25, 0.3) is 0 Å². The van der Waals surface area contributed by atoms with E-state index in [1.807, 2.05) is 12.1 Å². The molecule has 29 heavy (non-hydrogen) atoms. The Bertz CT molecular complexity index is 805. The molecular formula is C23H34N4O2. The highest BCUT2D eigenvalue weighted by Crippen LogP contribution is 2.31. The van der Waals surface area contributed by atoms with Gasteiger partial charge in [-0.05, 0) is 51.2 Å². The van der Waals surface area contributed by atoms with E-state index >= 15 is 0 Å². The second-order valence-corrected chi connectivity index (χ2v) is 7.16. The van der Waals surface area contributed by atoms with Crippen LogP contribution in [-0.2, 0) is 6.54 Å². The summed E-state index contributed by atoms with van der Waals surface area (Å²) < 4.78 is 10.8. The number of methoxy groups -OCH3 is 2. The van der Waals surface area contributed by atoms with E-state index in [2.05, 4.69) is 73.8 Å². The van der Waals surface area contributed by atoms with Gasteiger partial charge in [0.1, 0.15) is 0 Å². The molecule has 0 aliphatic carbocycles. The second kappa shape index (κ2) is 11.3. The van der Waals surface area contributed by atoms with Gasteiger partial charge in [0.15, 0.2) is 17.5 Å². The summed E-state index contributed by atoms with van der Waals surface area (Å²) in [6.07, 6.45) is 0. The number of ether oxygens (including phenoxy) is 2. The maximum atomic E-state index is 5.47. The van der Waals surface area contributed by atoms with Gasteiger partial charge in [-0.2, -0.15) is 0 Å². The van der Waals surface area contributed by atoms with Gasteiger partial charge in [-0.1, -0.05) is 35.9 Å². The van der Waals surface area contributed by atoms with E-state index in [9.17, 15) is 0 Å². The number of benzene rings is 2. The molecule has 1 atom stereocenters. The first kappa shape index (κ1) is 22.6. The maximum absolute atomic E-state index is 5.47. The van der Waals surface area contributed by atoms with Crippen molar-refractivity contribution in [3.8, 4) is 11.5 Å². The monoisotopic (exact) mass is 398 g/mol. The van der Waals surface area contributed by atoms with E-state index in [1.54, 1.807) is 14.2 Å². The molecule has 1 unspecified atom stereocenters. The van der Waals surface area contributed by atoms with E-state index in [4.69, 9.17) is 14.5 Å². The van der Waals surface area contributed by atoms with Gasteiger partial charge in [0.2, 0.25) is 0 Å². The molecule has 0 aliphatic rings. The van der Waals surface area contributed by atoms with Crippen LogP contribution in [0.25, 0.3) is 0 Å². The van der Waals surface area contributed by atoms with Gasteiger partial charge in [-0.25, -0.2) is 4.99 Å². The molecule has 2 aromatic carbocycles. The Morgan fingerprint density at radius 2 is 1.79 bits per heavy atom. The van der Waals surface area contributed by atoms with E-state index < -0.39 is 0 Å². The van der Waals surface area contributed by atoms with Crippen LogP contribution in [0.5, 0.6) is 11.5 Å². The zero-order valence-electron chi connectivity index (χ0n) is 18.5. The van der Waals surface area contributed by atoms with Crippen LogP contribution in [0.2, 0.25) is 0 Å². The van der Waals surface area contributed by atoms with Gasteiger partial charge < -0.3 is 25.0 Å². The summed E-state index contributed by atoms with van der Waals surface area (Å²) in [5, 5.41) is 6.81. The first-order valence-corrected chi connectivity index (χ1v) is 9.94. The fraction of sp³-hybridized carbons (Fsp3) is 0.435. The summed E-state index contributed by atoms with van der Waals surface area (Å²) in [7, 11) is 7.45. The highest BCUT2D eigenvalue weighted by Gasteiger charge is 2.17. The van der Waals surface area contributed by atoms with E-state index in [0.29, 0.717) is 13.1 Å². The van der Waals surface area contributed by atoms with Crippen LogP contribution in [-0.4, -0.2) is 52.3 Å². The fourth-order valence-corrected chi connectivity index (χ4v) is 3.17. The van der Waals surface area contributed by atoms with Crippen LogP contribution in [0.4, 0.5) is 0 Å².